The summed E-state index contributed by atoms with van der Waals surface area (Å²) >= 11 is 0. The van der Waals surface area contributed by atoms with E-state index >= 15 is 0 Å². The first kappa shape index (κ1) is 9.61. The second-order valence-electron chi connectivity index (χ2n) is 1.92. The van der Waals surface area contributed by atoms with Crippen LogP contribution in [0.25, 0.3) is 0 Å². The van der Waals surface area contributed by atoms with Crippen molar-refractivity contribution in [3.8, 4) is 0 Å². The summed E-state index contributed by atoms with van der Waals surface area (Å²) in [6.45, 7) is 2.97. The minimum atomic E-state index is -2.18. The molecule has 11 heavy (non-hydrogen) atoms. The number of hydrogen-bond donors (Lipinski definition) is 2. The van der Waals surface area contributed by atoms with Gasteiger partial charge in [-0.15, -0.1) is 0 Å². The Hall–Kier alpha value is -1.39. The second-order valence-corrected chi connectivity index (χ2v) is 1.92. The van der Waals surface area contributed by atoms with E-state index < -0.39 is 30.1 Å². The summed E-state index contributed by atoms with van der Waals surface area (Å²) in [5.74, 6) is -3.05. The number of carbonyl (C=O) groups is 2. The monoisotopic (exact) mass is 162 g/mol. The lowest BCUT2D eigenvalue weighted by atomic mass is 10.1. The van der Waals surface area contributed by atoms with E-state index in [0.29, 0.717) is 0 Å². The minimum Gasteiger partial charge on any atom is -0.479 e. The molecule has 0 amide bonds. The van der Waals surface area contributed by atoms with Crippen LogP contribution in [-0.2, 0) is 9.59 Å². The van der Waals surface area contributed by atoms with Crippen LogP contribution in [0.2, 0.25) is 0 Å². The van der Waals surface area contributed by atoms with Gasteiger partial charge in [0.1, 0.15) is 0 Å². The average Bonchev–Trinajstić information content (AvgIpc) is 1.87. The molecule has 0 aliphatic carbocycles. The summed E-state index contributed by atoms with van der Waals surface area (Å²) in [5, 5.41) is 16.2. The van der Waals surface area contributed by atoms with Crippen LogP contribution in [0.1, 0.15) is 6.42 Å². The van der Waals surface area contributed by atoms with Gasteiger partial charge < -0.3 is 10.2 Å². The lowest BCUT2D eigenvalue weighted by molar-refractivity contribution is -0.142. The Balaban J connectivity index is 3.95. The molecule has 0 aromatic rings. The second kappa shape index (κ2) is 3.70. The Labute approximate surface area is 62.0 Å². The third kappa shape index (κ3) is 3.34. The van der Waals surface area contributed by atoms with Crippen molar-refractivity contribution >= 4 is 11.9 Å². The van der Waals surface area contributed by atoms with E-state index in [9.17, 15) is 14.0 Å². The summed E-state index contributed by atoms with van der Waals surface area (Å²) in [6.07, 6.45) is -2.86. The van der Waals surface area contributed by atoms with Gasteiger partial charge in [0.25, 0.3) is 0 Å². The number of carboxylic acids is 2. The number of aliphatic carboxylic acids is 2. The maximum Gasteiger partial charge on any atom is 0.338 e. The van der Waals surface area contributed by atoms with Gasteiger partial charge in [0.15, 0.2) is 0 Å². The van der Waals surface area contributed by atoms with Crippen LogP contribution >= 0.6 is 0 Å². The molecule has 0 aromatic heterocycles. The average molecular weight is 162 g/mol. The van der Waals surface area contributed by atoms with Gasteiger partial charge >= 0.3 is 11.9 Å². The van der Waals surface area contributed by atoms with E-state index in [1.807, 2.05) is 0 Å². The fourth-order valence-corrected chi connectivity index (χ4v) is 0.391. The Morgan fingerprint density at radius 3 is 2.18 bits per heavy atom. The first-order valence-electron chi connectivity index (χ1n) is 2.73. The molecule has 0 heterocycles. The van der Waals surface area contributed by atoms with Gasteiger partial charge in [-0.2, -0.15) is 0 Å². The topological polar surface area (TPSA) is 74.6 Å². The quantitative estimate of drug-likeness (QED) is 0.588. The zero-order chi connectivity index (χ0) is 9.02. The Bertz CT molecular complexity index is 199. The molecule has 0 fully saturated rings. The molecular weight excluding hydrogens is 155 g/mol. The minimum absolute atomic E-state index is 0.445. The third-order valence-corrected chi connectivity index (χ3v) is 0.996. The molecule has 0 spiro atoms. The summed E-state index contributed by atoms with van der Waals surface area (Å²) in [4.78, 5) is 19.8. The molecule has 0 radical (unpaired) electrons. The van der Waals surface area contributed by atoms with Gasteiger partial charge in [0.2, 0.25) is 6.17 Å². The van der Waals surface area contributed by atoms with Gasteiger partial charge in [-0.25, -0.2) is 14.0 Å². The van der Waals surface area contributed by atoms with Crippen molar-refractivity contribution in [3.63, 3.8) is 0 Å². The van der Waals surface area contributed by atoms with E-state index in [0.717, 1.165) is 0 Å². The largest absolute Gasteiger partial charge is 0.479 e. The normalized spacial score (nSPS) is 12.1. The molecule has 0 rings (SSSR count). The van der Waals surface area contributed by atoms with Crippen molar-refractivity contribution in [2.24, 2.45) is 0 Å². The van der Waals surface area contributed by atoms with E-state index in [1.54, 1.807) is 0 Å². The van der Waals surface area contributed by atoms with E-state index in [-0.39, 0.29) is 0 Å². The Kier molecular flexibility index (Phi) is 3.23. The van der Waals surface area contributed by atoms with Gasteiger partial charge in [0.05, 0.1) is 0 Å². The molecule has 1 atom stereocenters. The van der Waals surface area contributed by atoms with Crippen LogP contribution in [0.5, 0.6) is 0 Å². The molecule has 5 heteroatoms. The van der Waals surface area contributed by atoms with Gasteiger partial charge in [-0.1, -0.05) is 6.58 Å². The van der Waals surface area contributed by atoms with Crippen molar-refractivity contribution in [3.05, 3.63) is 12.2 Å². The standard InChI is InChI=1S/C6H7FO4/c1-3(5(8)9)2-4(7)6(10)11/h4H,1-2H2,(H,8,9)(H,10,11). The molecule has 0 bridgehead atoms. The van der Waals surface area contributed by atoms with Gasteiger partial charge in [-0.3, -0.25) is 0 Å². The third-order valence-electron chi connectivity index (χ3n) is 0.996. The molecule has 0 aromatic carbocycles. The van der Waals surface area contributed by atoms with Crippen molar-refractivity contribution in [1.82, 2.24) is 0 Å². The molecule has 62 valence electrons. The fourth-order valence-electron chi connectivity index (χ4n) is 0.391. The molecule has 1 unspecified atom stereocenters. The highest BCUT2D eigenvalue weighted by Gasteiger charge is 2.19. The summed E-state index contributed by atoms with van der Waals surface area (Å²) in [5.41, 5.74) is -0.445. The number of rotatable bonds is 4. The van der Waals surface area contributed by atoms with Crippen molar-refractivity contribution in [2.45, 2.75) is 12.6 Å². The van der Waals surface area contributed by atoms with Crippen molar-refractivity contribution in [2.75, 3.05) is 0 Å². The fraction of sp³-hybridized carbons (Fsp3) is 0.333. The molecule has 4 nitrogen and oxygen atoms in total. The lowest BCUT2D eigenvalue weighted by Gasteiger charge is -2.00. The van der Waals surface area contributed by atoms with E-state index in [4.69, 9.17) is 10.2 Å². The Morgan fingerprint density at radius 2 is 1.91 bits per heavy atom. The molecule has 0 saturated carbocycles. The predicted molar refractivity (Wildman–Crippen MR) is 33.9 cm³/mol. The number of carboxylic acid groups (broad SMARTS) is 2. The maximum atomic E-state index is 12.2. The summed E-state index contributed by atoms with van der Waals surface area (Å²) < 4.78 is 12.2. The zero-order valence-corrected chi connectivity index (χ0v) is 5.58. The van der Waals surface area contributed by atoms with Crippen LogP contribution in [0.3, 0.4) is 0 Å². The van der Waals surface area contributed by atoms with Crippen LogP contribution < -0.4 is 0 Å². The number of hydrogen-bond acceptors (Lipinski definition) is 2. The maximum absolute atomic E-state index is 12.2. The SMILES string of the molecule is C=C(CC(F)C(=O)O)C(=O)O. The van der Waals surface area contributed by atoms with E-state index in [2.05, 4.69) is 6.58 Å². The smallest absolute Gasteiger partial charge is 0.338 e. The van der Waals surface area contributed by atoms with Gasteiger partial charge in [0, 0.05) is 12.0 Å². The Morgan fingerprint density at radius 1 is 1.45 bits per heavy atom. The first-order valence-corrected chi connectivity index (χ1v) is 2.73. The van der Waals surface area contributed by atoms with Crippen LogP contribution in [0, 0.1) is 0 Å². The highest BCUT2D eigenvalue weighted by molar-refractivity contribution is 5.87. The highest BCUT2D eigenvalue weighted by Crippen LogP contribution is 2.06. The number of halogens is 1. The molecule has 0 aliphatic rings. The molecule has 2 N–H and O–H groups in total. The lowest BCUT2D eigenvalue weighted by Crippen LogP contribution is -2.17. The van der Waals surface area contributed by atoms with Crippen LogP contribution in [0.4, 0.5) is 4.39 Å². The zero-order valence-electron chi connectivity index (χ0n) is 5.58. The van der Waals surface area contributed by atoms with Crippen molar-refractivity contribution in [1.29, 1.82) is 0 Å². The molecule has 0 aliphatic heterocycles. The molecular formula is C6H7FO4. The van der Waals surface area contributed by atoms with Crippen molar-refractivity contribution < 1.29 is 24.2 Å². The first-order chi connectivity index (χ1) is 4.95. The van der Waals surface area contributed by atoms with Crippen LogP contribution in [0.15, 0.2) is 12.2 Å². The predicted octanol–water partition coefficient (Wildman–Crippen LogP) is 0.440. The highest BCUT2D eigenvalue weighted by atomic mass is 19.1. The van der Waals surface area contributed by atoms with Gasteiger partial charge in [-0.05, 0) is 0 Å². The summed E-state index contributed by atoms with van der Waals surface area (Å²) in [6, 6.07) is 0. The molecule has 0 saturated heterocycles. The number of alkyl halides is 1. The van der Waals surface area contributed by atoms with Crippen LogP contribution in [-0.4, -0.2) is 28.3 Å². The van der Waals surface area contributed by atoms with E-state index in [1.165, 1.54) is 0 Å². The summed E-state index contributed by atoms with van der Waals surface area (Å²) in [7, 11) is 0.